The zero-order chi connectivity index (χ0) is 22.7. The van der Waals surface area contributed by atoms with E-state index < -0.39 is 10.0 Å². The molecule has 1 atom stereocenters. The highest BCUT2D eigenvalue weighted by Gasteiger charge is 2.32. The Balaban J connectivity index is 1.42. The zero-order valence-electron chi connectivity index (χ0n) is 17.9. The van der Waals surface area contributed by atoms with Gasteiger partial charge in [0.05, 0.1) is 21.2 Å². The molecule has 7 nitrogen and oxygen atoms in total. The number of piperazine rings is 1. The van der Waals surface area contributed by atoms with Crippen LogP contribution in [0.4, 0.5) is 0 Å². The molecular weight excluding hydrogens is 444 g/mol. The Bertz CT molecular complexity index is 1220. The van der Waals surface area contributed by atoms with Gasteiger partial charge in [-0.15, -0.1) is 6.58 Å². The summed E-state index contributed by atoms with van der Waals surface area (Å²) in [6.45, 7) is 7.64. The van der Waals surface area contributed by atoms with Crippen molar-refractivity contribution in [3.63, 3.8) is 0 Å². The highest BCUT2D eigenvalue weighted by Crippen LogP contribution is 2.28. The number of fused-ring (bicyclic) bond motifs is 1. The number of carbonyl (C=O) groups excluding carboxylic acids is 1. The second-order valence-corrected chi connectivity index (χ2v) is 10.8. The van der Waals surface area contributed by atoms with Gasteiger partial charge in [0.15, 0.2) is 5.16 Å². The first kappa shape index (κ1) is 22.6. The molecule has 2 heterocycles. The number of rotatable bonds is 7. The molecule has 0 N–H and O–H groups in total. The summed E-state index contributed by atoms with van der Waals surface area (Å²) in [5, 5.41) is 0.435. The smallest absolute Gasteiger partial charge is 0.243 e. The van der Waals surface area contributed by atoms with E-state index in [1.165, 1.54) is 16.1 Å². The van der Waals surface area contributed by atoms with Crippen LogP contribution >= 0.6 is 11.8 Å². The third kappa shape index (κ3) is 4.46. The predicted octanol–water partition coefficient (Wildman–Crippen LogP) is 3.24. The summed E-state index contributed by atoms with van der Waals surface area (Å²) in [6.07, 6.45) is 1.82. The summed E-state index contributed by atoms with van der Waals surface area (Å²) in [7, 11) is -3.54. The van der Waals surface area contributed by atoms with E-state index in [2.05, 4.69) is 11.1 Å². The molecule has 3 aromatic rings. The van der Waals surface area contributed by atoms with E-state index in [9.17, 15) is 13.2 Å². The van der Waals surface area contributed by atoms with Gasteiger partial charge in [0.25, 0.3) is 0 Å². The number of aromatic nitrogens is 2. The normalized spacial score (nSPS) is 16.2. The fourth-order valence-electron chi connectivity index (χ4n) is 3.80. The van der Waals surface area contributed by atoms with Gasteiger partial charge in [-0.1, -0.05) is 48.2 Å². The SMILES string of the molecule is C=CCn1c(SC(C)C(=O)N2CCN(S(=O)(=O)c3ccccc3)CC2)nc2ccccc21. The Labute approximate surface area is 192 Å². The lowest BCUT2D eigenvalue weighted by Gasteiger charge is -2.35. The van der Waals surface area contributed by atoms with E-state index in [1.807, 2.05) is 37.3 Å². The number of carbonyl (C=O) groups is 1. The summed E-state index contributed by atoms with van der Waals surface area (Å²) >= 11 is 1.42. The van der Waals surface area contributed by atoms with Gasteiger partial charge < -0.3 is 9.47 Å². The van der Waals surface area contributed by atoms with Gasteiger partial charge in [0.2, 0.25) is 15.9 Å². The van der Waals surface area contributed by atoms with Gasteiger partial charge >= 0.3 is 0 Å². The van der Waals surface area contributed by atoms with E-state index in [1.54, 1.807) is 35.2 Å². The number of sulfonamides is 1. The van der Waals surface area contributed by atoms with Crippen LogP contribution in [0.3, 0.4) is 0 Å². The third-order valence-electron chi connectivity index (χ3n) is 5.49. The molecule has 0 radical (unpaired) electrons. The molecule has 9 heteroatoms. The number of thioether (sulfide) groups is 1. The van der Waals surface area contributed by atoms with Crippen molar-refractivity contribution < 1.29 is 13.2 Å². The number of para-hydroxylation sites is 2. The fraction of sp³-hybridized carbons (Fsp3) is 0.304. The van der Waals surface area contributed by atoms with Crippen LogP contribution in [-0.4, -0.2) is 64.5 Å². The number of amides is 1. The maximum absolute atomic E-state index is 13.1. The van der Waals surface area contributed by atoms with Crippen LogP contribution in [0.2, 0.25) is 0 Å². The predicted molar refractivity (Wildman–Crippen MR) is 127 cm³/mol. The van der Waals surface area contributed by atoms with Crippen LogP contribution < -0.4 is 0 Å². The van der Waals surface area contributed by atoms with Crippen LogP contribution in [0.5, 0.6) is 0 Å². The highest BCUT2D eigenvalue weighted by molar-refractivity contribution is 8.00. The summed E-state index contributed by atoms with van der Waals surface area (Å²) in [6, 6.07) is 16.3. The first-order valence-corrected chi connectivity index (χ1v) is 12.8. The van der Waals surface area contributed by atoms with Crippen LogP contribution in [-0.2, 0) is 21.4 Å². The van der Waals surface area contributed by atoms with Gasteiger partial charge in [-0.05, 0) is 31.2 Å². The molecule has 1 aliphatic heterocycles. The van der Waals surface area contributed by atoms with Crippen molar-refractivity contribution >= 4 is 38.7 Å². The van der Waals surface area contributed by atoms with E-state index >= 15 is 0 Å². The molecule has 0 aliphatic carbocycles. The molecule has 168 valence electrons. The molecule has 1 aromatic heterocycles. The highest BCUT2D eigenvalue weighted by atomic mass is 32.2. The van der Waals surface area contributed by atoms with Gasteiger partial charge in [0, 0.05) is 32.7 Å². The van der Waals surface area contributed by atoms with Gasteiger partial charge in [-0.3, -0.25) is 4.79 Å². The molecule has 4 rings (SSSR count). The van der Waals surface area contributed by atoms with Gasteiger partial charge in [-0.2, -0.15) is 4.31 Å². The molecule has 0 spiro atoms. The molecule has 0 saturated carbocycles. The van der Waals surface area contributed by atoms with Gasteiger partial charge in [0.1, 0.15) is 0 Å². The number of hydrogen-bond acceptors (Lipinski definition) is 5. The summed E-state index contributed by atoms with van der Waals surface area (Å²) in [5.41, 5.74) is 1.89. The molecule has 1 aliphatic rings. The average Bonchev–Trinajstić information content (AvgIpc) is 3.16. The zero-order valence-corrected chi connectivity index (χ0v) is 19.6. The molecule has 1 saturated heterocycles. The van der Waals surface area contributed by atoms with Crippen molar-refractivity contribution in [3.8, 4) is 0 Å². The second-order valence-electron chi connectivity index (χ2n) is 7.58. The topological polar surface area (TPSA) is 75.5 Å². The number of imidazole rings is 1. The summed E-state index contributed by atoms with van der Waals surface area (Å²) in [4.78, 5) is 19.8. The van der Waals surface area contributed by atoms with Crippen molar-refractivity contribution in [1.82, 2.24) is 18.8 Å². The molecule has 1 unspecified atom stereocenters. The average molecular weight is 471 g/mol. The molecule has 1 fully saturated rings. The lowest BCUT2D eigenvalue weighted by Crippen LogP contribution is -2.52. The van der Waals surface area contributed by atoms with Crippen molar-refractivity contribution in [2.75, 3.05) is 26.2 Å². The molecule has 1 amide bonds. The number of hydrogen-bond donors (Lipinski definition) is 0. The van der Waals surface area contributed by atoms with Crippen molar-refractivity contribution in [2.24, 2.45) is 0 Å². The Kier molecular flexibility index (Phi) is 6.68. The Morgan fingerprint density at radius 1 is 1.09 bits per heavy atom. The largest absolute Gasteiger partial charge is 0.339 e. The Morgan fingerprint density at radius 3 is 2.44 bits per heavy atom. The monoisotopic (exact) mass is 470 g/mol. The maximum atomic E-state index is 13.1. The van der Waals surface area contributed by atoms with Crippen LogP contribution in [0.25, 0.3) is 11.0 Å². The minimum Gasteiger partial charge on any atom is -0.339 e. The van der Waals surface area contributed by atoms with Crippen LogP contribution in [0.1, 0.15) is 6.92 Å². The molecule has 32 heavy (non-hydrogen) atoms. The maximum Gasteiger partial charge on any atom is 0.243 e. The van der Waals surface area contributed by atoms with Gasteiger partial charge in [-0.25, -0.2) is 13.4 Å². The number of benzene rings is 2. The minimum absolute atomic E-state index is 0.0102. The lowest BCUT2D eigenvalue weighted by molar-refractivity contribution is -0.131. The number of nitrogens with zero attached hydrogens (tertiary/aromatic N) is 4. The minimum atomic E-state index is -3.54. The van der Waals surface area contributed by atoms with Crippen LogP contribution in [0.15, 0.2) is 77.3 Å². The number of allylic oxidation sites excluding steroid dienone is 1. The quantitative estimate of drug-likeness (QED) is 0.391. The van der Waals surface area contributed by atoms with Crippen molar-refractivity contribution in [3.05, 3.63) is 67.3 Å². The third-order valence-corrected chi connectivity index (χ3v) is 8.48. The van der Waals surface area contributed by atoms with E-state index in [4.69, 9.17) is 4.98 Å². The second kappa shape index (κ2) is 9.48. The molecule has 2 aromatic carbocycles. The Hall–Kier alpha value is -2.62. The molecular formula is C23H26N4O3S2. The van der Waals surface area contributed by atoms with Crippen molar-refractivity contribution in [1.29, 1.82) is 0 Å². The standard InChI is InChI=1S/C23H26N4O3S2/c1-3-13-27-21-12-8-7-11-20(21)24-23(27)31-18(2)22(28)25-14-16-26(17-15-25)32(29,30)19-9-5-4-6-10-19/h3-12,18H,1,13-17H2,2H3. The first-order chi connectivity index (χ1) is 15.4. The van der Waals surface area contributed by atoms with E-state index in [0.717, 1.165) is 16.2 Å². The molecule has 0 bridgehead atoms. The lowest BCUT2D eigenvalue weighted by atomic mass is 10.3. The summed E-state index contributed by atoms with van der Waals surface area (Å²) < 4.78 is 29.2. The van der Waals surface area contributed by atoms with E-state index in [0.29, 0.717) is 19.6 Å². The first-order valence-electron chi connectivity index (χ1n) is 10.5. The fourth-order valence-corrected chi connectivity index (χ4v) is 6.27. The Morgan fingerprint density at radius 2 is 1.75 bits per heavy atom. The van der Waals surface area contributed by atoms with Crippen molar-refractivity contribution in [2.45, 2.75) is 28.8 Å². The van der Waals surface area contributed by atoms with E-state index in [-0.39, 0.29) is 29.1 Å². The summed E-state index contributed by atoms with van der Waals surface area (Å²) in [5.74, 6) is -0.0102. The van der Waals surface area contributed by atoms with Crippen LogP contribution in [0, 0.1) is 0 Å².